The molecule has 3 heterocycles. The second kappa shape index (κ2) is 4.77. The van der Waals surface area contributed by atoms with Crippen molar-refractivity contribution in [1.29, 1.82) is 0 Å². The first kappa shape index (κ1) is 12.3. The first-order valence-corrected chi connectivity index (χ1v) is 7.25. The Labute approximate surface area is 114 Å². The van der Waals surface area contributed by atoms with Crippen molar-refractivity contribution in [3.05, 3.63) is 17.3 Å². The number of nitrogens with zero attached hydrogens (tertiary/aromatic N) is 3. The second-order valence-corrected chi connectivity index (χ2v) is 5.79. The van der Waals surface area contributed by atoms with Gasteiger partial charge in [-0.15, -0.1) is 11.3 Å². The zero-order chi connectivity index (χ0) is 13.4. The van der Waals surface area contributed by atoms with Crippen molar-refractivity contribution in [2.45, 2.75) is 32.2 Å². The molecule has 6 heteroatoms. The Morgan fingerprint density at radius 1 is 1.58 bits per heavy atom. The molecule has 2 aromatic heterocycles. The van der Waals surface area contributed by atoms with Crippen LogP contribution in [0.5, 0.6) is 0 Å². The number of fused-ring (bicyclic) bond motifs is 1. The van der Waals surface area contributed by atoms with Crippen molar-refractivity contribution >= 4 is 33.3 Å². The van der Waals surface area contributed by atoms with E-state index < -0.39 is 12.0 Å². The van der Waals surface area contributed by atoms with Crippen molar-refractivity contribution in [2.24, 2.45) is 0 Å². The van der Waals surface area contributed by atoms with Crippen molar-refractivity contribution in [2.75, 3.05) is 11.4 Å². The lowest BCUT2D eigenvalue weighted by atomic mass is 10.2. The number of aliphatic carboxylic acids is 1. The van der Waals surface area contributed by atoms with E-state index >= 15 is 0 Å². The minimum absolute atomic E-state index is 0.455. The number of rotatable bonds is 3. The molecule has 1 fully saturated rings. The standard InChI is InChI=1S/C13H15N3O2S/c1-2-8-6-9-11(14-7-15-12(9)19-8)16-5-3-4-10(16)13(17)18/h6-7,10H,2-5H2,1H3,(H,17,18)/t10-/m1/s1. The fraction of sp³-hybridized carbons (Fsp3) is 0.462. The van der Waals surface area contributed by atoms with Gasteiger partial charge in [0.05, 0.1) is 5.39 Å². The predicted molar refractivity (Wildman–Crippen MR) is 74.8 cm³/mol. The molecule has 1 N–H and O–H groups in total. The highest BCUT2D eigenvalue weighted by Crippen LogP contribution is 2.33. The Morgan fingerprint density at radius 2 is 2.42 bits per heavy atom. The molecular weight excluding hydrogens is 262 g/mol. The van der Waals surface area contributed by atoms with Crippen LogP contribution in [0.1, 0.15) is 24.6 Å². The lowest BCUT2D eigenvalue weighted by molar-refractivity contribution is -0.138. The number of thiophene rings is 1. The van der Waals surface area contributed by atoms with E-state index in [1.165, 1.54) is 11.2 Å². The van der Waals surface area contributed by atoms with E-state index in [2.05, 4.69) is 23.0 Å². The third kappa shape index (κ3) is 2.06. The van der Waals surface area contributed by atoms with Crippen LogP contribution in [0.2, 0.25) is 0 Å². The predicted octanol–water partition coefficient (Wildman–Crippen LogP) is 2.31. The Morgan fingerprint density at radius 3 is 3.16 bits per heavy atom. The summed E-state index contributed by atoms with van der Waals surface area (Å²) < 4.78 is 0. The molecule has 3 rings (SSSR count). The summed E-state index contributed by atoms with van der Waals surface area (Å²) in [6.45, 7) is 2.86. The van der Waals surface area contributed by atoms with Gasteiger partial charge in [0.15, 0.2) is 0 Å². The van der Waals surface area contributed by atoms with E-state index in [1.54, 1.807) is 11.3 Å². The maximum atomic E-state index is 11.3. The van der Waals surface area contributed by atoms with Crippen LogP contribution >= 0.6 is 11.3 Å². The summed E-state index contributed by atoms with van der Waals surface area (Å²) >= 11 is 1.65. The lowest BCUT2D eigenvalue weighted by Gasteiger charge is -2.22. The monoisotopic (exact) mass is 277 g/mol. The molecule has 0 spiro atoms. The van der Waals surface area contributed by atoms with Gasteiger partial charge in [0.2, 0.25) is 0 Å². The van der Waals surface area contributed by atoms with E-state index in [-0.39, 0.29) is 0 Å². The molecule has 0 unspecified atom stereocenters. The van der Waals surface area contributed by atoms with E-state index in [0.717, 1.165) is 35.4 Å². The summed E-state index contributed by atoms with van der Waals surface area (Å²) in [5, 5.41) is 10.3. The maximum Gasteiger partial charge on any atom is 0.326 e. The van der Waals surface area contributed by atoms with Crippen LogP contribution in [0, 0.1) is 0 Å². The molecule has 0 radical (unpaired) electrons. The molecule has 19 heavy (non-hydrogen) atoms. The average molecular weight is 277 g/mol. The highest BCUT2D eigenvalue weighted by Gasteiger charge is 2.32. The summed E-state index contributed by atoms with van der Waals surface area (Å²) in [6.07, 6.45) is 4.08. The third-order valence-electron chi connectivity index (χ3n) is 3.52. The van der Waals surface area contributed by atoms with E-state index in [0.29, 0.717) is 6.42 Å². The number of anilines is 1. The maximum absolute atomic E-state index is 11.3. The van der Waals surface area contributed by atoms with E-state index in [1.807, 2.05) is 4.90 Å². The molecule has 1 saturated heterocycles. The largest absolute Gasteiger partial charge is 0.480 e. The summed E-state index contributed by atoms with van der Waals surface area (Å²) in [5.74, 6) is 0.000979. The molecule has 0 bridgehead atoms. The molecule has 0 amide bonds. The molecule has 100 valence electrons. The van der Waals surface area contributed by atoms with Crippen LogP contribution in [0.25, 0.3) is 10.2 Å². The van der Waals surface area contributed by atoms with Gasteiger partial charge in [0.1, 0.15) is 23.0 Å². The first-order valence-electron chi connectivity index (χ1n) is 6.43. The van der Waals surface area contributed by atoms with Crippen molar-refractivity contribution in [3.8, 4) is 0 Å². The average Bonchev–Trinajstić information content (AvgIpc) is 3.04. The Bertz CT molecular complexity index is 625. The van der Waals surface area contributed by atoms with Gasteiger partial charge in [0, 0.05) is 11.4 Å². The van der Waals surface area contributed by atoms with Gasteiger partial charge in [-0.1, -0.05) is 6.92 Å². The molecule has 0 aliphatic carbocycles. The molecule has 1 atom stereocenters. The SMILES string of the molecule is CCc1cc2c(N3CCC[C@@H]3C(=O)O)ncnc2s1. The molecule has 0 aromatic carbocycles. The van der Waals surface area contributed by atoms with Crippen LogP contribution in [-0.4, -0.2) is 33.6 Å². The van der Waals surface area contributed by atoms with E-state index in [9.17, 15) is 9.90 Å². The van der Waals surface area contributed by atoms with Crippen molar-refractivity contribution in [1.82, 2.24) is 9.97 Å². The van der Waals surface area contributed by atoms with Crippen LogP contribution < -0.4 is 4.90 Å². The molecule has 5 nitrogen and oxygen atoms in total. The zero-order valence-corrected chi connectivity index (χ0v) is 11.5. The zero-order valence-electron chi connectivity index (χ0n) is 10.7. The number of carboxylic acid groups (broad SMARTS) is 1. The van der Waals surface area contributed by atoms with Crippen molar-refractivity contribution < 1.29 is 9.90 Å². The Balaban J connectivity index is 2.09. The van der Waals surface area contributed by atoms with Gasteiger partial charge in [-0.2, -0.15) is 0 Å². The van der Waals surface area contributed by atoms with E-state index in [4.69, 9.17) is 0 Å². The number of aryl methyl sites for hydroxylation is 1. The Kier molecular flexibility index (Phi) is 3.10. The molecule has 1 aliphatic heterocycles. The summed E-state index contributed by atoms with van der Waals surface area (Å²) in [5.41, 5.74) is 0. The topological polar surface area (TPSA) is 66.3 Å². The van der Waals surface area contributed by atoms with Crippen LogP contribution in [0.3, 0.4) is 0 Å². The van der Waals surface area contributed by atoms with Gasteiger partial charge in [-0.05, 0) is 25.3 Å². The van der Waals surface area contributed by atoms with Gasteiger partial charge in [-0.3, -0.25) is 0 Å². The minimum Gasteiger partial charge on any atom is -0.480 e. The van der Waals surface area contributed by atoms with Crippen LogP contribution in [0.15, 0.2) is 12.4 Å². The lowest BCUT2D eigenvalue weighted by Crippen LogP contribution is -2.36. The van der Waals surface area contributed by atoms with Gasteiger partial charge < -0.3 is 10.0 Å². The van der Waals surface area contributed by atoms with Crippen molar-refractivity contribution in [3.63, 3.8) is 0 Å². The Hall–Kier alpha value is -1.69. The smallest absolute Gasteiger partial charge is 0.326 e. The number of aromatic nitrogens is 2. The number of carboxylic acids is 1. The molecular formula is C13H15N3O2S. The third-order valence-corrected chi connectivity index (χ3v) is 4.71. The van der Waals surface area contributed by atoms with Gasteiger partial charge >= 0.3 is 5.97 Å². The fourth-order valence-electron chi connectivity index (χ4n) is 2.57. The van der Waals surface area contributed by atoms with Gasteiger partial charge in [-0.25, -0.2) is 14.8 Å². The van der Waals surface area contributed by atoms with Crippen LogP contribution in [-0.2, 0) is 11.2 Å². The first-order chi connectivity index (χ1) is 9.20. The highest BCUT2D eigenvalue weighted by molar-refractivity contribution is 7.18. The summed E-state index contributed by atoms with van der Waals surface area (Å²) in [4.78, 5) is 24.0. The fourth-order valence-corrected chi connectivity index (χ4v) is 3.50. The summed E-state index contributed by atoms with van der Waals surface area (Å²) in [6, 6.07) is 1.63. The van der Waals surface area contributed by atoms with Gasteiger partial charge in [0.25, 0.3) is 0 Å². The molecule has 1 aliphatic rings. The number of hydrogen-bond acceptors (Lipinski definition) is 5. The van der Waals surface area contributed by atoms with Crippen LogP contribution in [0.4, 0.5) is 5.82 Å². The normalized spacial score (nSPS) is 19.2. The second-order valence-electron chi connectivity index (χ2n) is 4.67. The number of hydrogen-bond donors (Lipinski definition) is 1. The number of carbonyl (C=O) groups is 1. The minimum atomic E-state index is -0.768. The molecule has 2 aromatic rings. The molecule has 0 saturated carbocycles. The summed E-state index contributed by atoms with van der Waals surface area (Å²) in [7, 11) is 0. The quantitative estimate of drug-likeness (QED) is 0.932. The highest BCUT2D eigenvalue weighted by atomic mass is 32.1.